The van der Waals surface area contributed by atoms with Gasteiger partial charge in [0.15, 0.2) is 6.10 Å². The van der Waals surface area contributed by atoms with Crippen LogP contribution in [0.5, 0.6) is 0 Å². The van der Waals surface area contributed by atoms with Crippen LogP contribution >= 0.6 is 0 Å². The molecule has 1 amide bonds. The molecule has 0 radical (unpaired) electrons. The highest BCUT2D eigenvalue weighted by Gasteiger charge is 2.27. The summed E-state index contributed by atoms with van der Waals surface area (Å²) in [6.07, 6.45) is 3.95. The van der Waals surface area contributed by atoms with Crippen molar-refractivity contribution >= 4 is 5.91 Å². The molecule has 0 heterocycles. The molecule has 4 nitrogen and oxygen atoms in total. The Labute approximate surface area is 120 Å². The van der Waals surface area contributed by atoms with Crippen molar-refractivity contribution in [3.8, 4) is 0 Å². The second-order valence-corrected chi connectivity index (χ2v) is 5.43. The van der Waals surface area contributed by atoms with E-state index >= 15 is 0 Å². The smallest absolute Gasteiger partial charge is 0.254 e. The van der Waals surface area contributed by atoms with Gasteiger partial charge in [0.25, 0.3) is 5.91 Å². The molecule has 1 aliphatic carbocycles. The van der Waals surface area contributed by atoms with E-state index in [1.807, 2.05) is 30.3 Å². The lowest BCUT2D eigenvalue weighted by molar-refractivity contribution is -0.138. The van der Waals surface area contributed by atoms with Crippen LogP contribution < -0.4 is 5.32 Å². The Kier molecular flexibility index (Phi) is 5.56. The molecule has 0 bridgehead atoms. The third-order valence-electron chi connectivity index (χ3n) is 3.63. The predicted molar refractivity (Wildman–Crippen MR) is 77.2 cm³/mol. The molecular weight excluding hydrogens is 254 g/mol. The Morgan fingerprint density at radius 2 is 2.00 bits per heavy atom. The molecule has 1 aliphatic rings. The molecule has 1 saturated carbocycles. The van der Waals surface area contributed by atoms with E-state index in [9.17, 15) is 4.79 Å². The Morgan fingerprint density at radius 1 is 1.35 bits per heavy atom. The normalized spacial score (nSPS) is 18.7. The monoisotopic (exact) mass is 277 g/mol. The molecule has 0 aliphatic heterocycles. The summed E-state index contributed by atoms with van der Waals surface area (Å²) in [5, 5.41) is 11.9. The molecule has 1 aromatic rings. The first-order valence-electron chi connectivity index (χ1n) is 7.32. The first kappa shape index (κ1) is 15.0. The molecular formula is C16H23NO3. The first-order chi connectivity index (χ1) is 9.70. The molecule has 2 N–H and O–H groups in total. The van der Waals surface area contributed by atoms with Crippen molar-refractivity contribution < 1.29 is 14.6 Å². The number of amides is 1. The van der Waals surface area contributed by atoms with E-state index in [1.165, 1.54) is 12.8 Å². The fourth-order valence-corrected chi connectivity index (χ4v) is 2.50. The van der Waals surface area contributed by atoms with Crippen molar-refractivity contribution in [1.29, 1.82) is 0 Å². The minimum absolute atomic E-state index is 0.0727. The number of aliphatic hydroxyl groups excluding tert-OH is 1. The van der Waals surface area contributed by atoms with Crippen LogP contribution in [0.4, 0.5) is 0 Å². The highest BCUT2D eigenvalue weighted by atomic mass is 16.5. The first-order valence-corrected chi connectivity index (χ1v) is 7.32. The molecule has 110 valence electrons. The topological polar surface area (TPSA) is 58.6 Å². The van der Waals surface area contributed by atoms with Crippen LogP contribution in [0.1, 0.15) is 44.3 Å². The summed E-state index contributed by atoms with van der Waals surface area (Å²) in [6.45, 7) is 1.70. The number of carbonyl (C=O) groups is 1. The Hall–Kier alpha value is -1.39. The van der Waals surface area contributed by atoms with Crippen LogP contribution in [0.25, 0.3) is 0 Å². The summed E-state index contributed by atoms with van der Waals surface area (Å²) in [5.74, 6) is -0.176. The van der Waals surface area contributed by atoms with Crippen LogP contribution in [0.15, 0.2) is 30.3 Å². The van der Waals surface area contributed by atoms with Crippen molar-refractivity contribution in [2.75, 3.05) is 6.61 Å². The molecule has 0 spiro atoms. The highest BCUT2D eigenvalue weighted by molar-refractivity contribution is 5.82. The third-order valence-corrected chi connectivity index (χ3v) is 3.63. The number of benzene rings is 1. The number of carbonyl (C=O) groups excluding carboxylic acids is 1. The quantitative estimate of drug-likeness (QED) is 0.838. The zero-order valence-corrected chi connectivity index (χ0v) is 11.9. The second-order valence-electron chi connectivity index (χ2n) is 5.43. The van der Waals surface area contributed by atoms with Crippen molar-refractivity contribution in [2.24, 2.45) is 0 Å². The van der Waals surface area contributed by atoms with Gasteiger partial charge >= 0.3 is 0 Å². The Balaban J connectivity index is 2.08. The lowest BCUT2D eigenvalue weighted by Gasteiger charge is -2.23. The number of ether oxygens (including phenoxy) is 1. The Bertz CT molecular complexity index is 415. The van der Waals surface area contributed by atoms with Gasteiger partial charge in [-0.2, -0.15) is 0 Å². The average molecular weight is 277 g/mol. The Morgan fingerprint density at radius 3 is 2.60 bits per heavy atom. The highest BCUT2D eigenvalue weighted by Crippen LogP contribution is 2.28. The van der Waals surface area contributed by atoms with Gasteiger partial charge in [-0.15, -0.1) is 0 Å². The molecule has 4 heteroatoms. The summed E-state index contributed by atoms with van der Waals surface area (Å²) in [5.41, 5.74) is 0.863. The number of hydrogen-bond acceptors (Lipinski definition) is 3. The van der Waals surface area contributed by atoms with Gasteiger partial charge in [0.05, 0.1) is 12.7 Å². The van der Waals surface area contributed by atoms with E-state index < -0.39 is 6.10 Å². The van der Waals surface area contributed by atoms with Crippen LogP contribution in [-0.2, 0) is 9.53 Å². The van der Waals surface area contributed by atoms with Crippen molar-refractivity contribution in [1.82, 2.24) is 5.32 Å². The van der Waals surface area contributed by atoms with Gasteiger partial charge in [0.2, 0.25) is 0 Å². The standard InChI is InChI=1S/C16H23NO3/c1-12(11-18)17-16(19)15(13-7-3-2-4-8-13)20-14-9-5-6-10-14/h2-4,7-8,12,14-15,18H,5-6,9-11H2,1H3,(H,17,19). The molecule has 2 unspecified atom stereocenters. The lowest BCUT2D eigenvalue weighted by atomic mass is 10.1. The van der Waals surface area contributed by atoms with E-state index in [2.05, 4.69) is 5.32 Å². The van der Waals surface area contributed by atoms with Gasteiger partial charge in [-0.3, -0.25) is 4.79 Å². The van der Waals surface area contributed by atoms with Gasteiger partial charge in [0, 0.05) is 6.04 Å². The summed E-state index contributed by atoms with van der Waals surface area (Å²) < 4.78 is 6.01. The largest absolute Gasteiger partial charge is 0.394 e. The van der Waals surface area contributed by atoms with Crippen LogP contribution in [0.2, 0.25) is 0 Å². The summed E-state index contributed by atoms with van der Waals surface area (Å²) in [4.78, 5) is 12.4. The summed E-state index contributed by atoms with van der Waals surface area (Å²) in [7, 11) is 0. The zero-order chi connectivity index (χ0) is 14.4. The van der Waals surface area contributed by atoms with E-state index in [4.69, 9.17) is 9.84 Å². The van der Waals surface area contributed by atoms with Gasteiger partial charge in [-0.1, -0.05) is 43.2 Å². The third kappa shape index (κ3) is 4.05. The number of hydrogen-bond donors (Lipinski definition) is 2. The lowest BCUT2D eigenvalue weighted by Crippen LogP contribution is -2.39. The maximum atomic E-state index is 12.4. The zero-order valence-electron chi connectivity index (χ0n) is 11.9. The molecule has 1 aromatic carbocycles. The van der Waals surface area contributed by atoms with Crippen molar-refractivity contribution in [2.45, 2.75) is 50.9 Å². The van der Waals surface area contributed by atoms with E-state index in [0.29, 0.717) is 0 Å². The fraction of sp³-hybridized carbons (Fsp3) is 0.562. The van der Waals surface area contributed by atoms with Gasteiger partial charge < -0.3 is 15.2 Å². The maximum absolute atomic E-state index is 12.4. The summed E-state index contributed by atoms with van der Waals surface area (Å²) in [6, 6.07) is 9.28. The van der Waals surface area contributed by atoms with Crippen molar-refractivity contribution in [3.05, 3.63) is 35.9 Å². The average Bonchev–Trinajstić information content (AvgIpc) is 2.98. The van der Waals surface area contributed by atoms with E-state index in [0.717, 1.165) is 18.4 Å². The van der Waals surface area contributed by atoms with E-state index in [-0.39, 0.29) is 24.7 Å². The number of aliphatic hydroxyl groups is 1. The molecule has 0 saturated heterocycles. The maximum Gasteiger partial charge on any atom is 0.254 e. The van der Waals surface area contributed by atoms with Gasteiger partial charge in [-0.25, -0.2) is 0 Å². The fourth-order valence-electron chi connectivity index (χ4n) is 2.50. The second kappa shape index (κ2) is 7.41. The van der Waals surface area contributed by atoms with Crippen LogP contribution in [0.3, 0.4) is 0 Å². The number of rotatable bonds is 6. The minimum atomic E-state index is -0.590. The minimum Gasteiger partial charge on any atom is -0.394 e. The SMILES string of the molecule is CC(CO)NC(=O)C(OC1CCCC1)c1ccccc1. The predicted octanol–water partition coefficient (Wildman–Crippen LogP) is 2.18. The number of nitrogens with one attached hydrogen (secondary N) is 1. The summed E-state index contributed by atoms with van der Waals surface area (Å²) >= 11 is 0. The molecule has 20 heavy (non-hydrogen) atoms. The van der Waals surface area contributed by atoms with Gasteiger partial charge in [-0.05, 0) is 25.3 Å². The van der Waals surface area contributed by atoms with Crippen LogP contribution in [-0.4, -0.2) is 29.8 Å². The van der Waals surface area contributed by atoms with Crippen molar-refractivity contribution in [3.63, 3.8) is 0 Å². The van der Waals surface area contributed by atoms with Gasteiger partial charge in [0.1, 0.15) is 0 Å². The van der Waals surface area contributed by atoms with E-state index in [1.54, 1.807) is 6.92 Å². The molecule has 2 atom stereocenters. The van der Waals surface area contributed by atoms with Crippen LogP contribution in [0, 0.1) is 0 Å². The molecule has 0 aromatic heterocycles. The molecule has 1 fully saturated rings. The molecule has 2 rings (SSSR count).